The maximum Gasteiger partial charge on any atom is 2.00 e. The first-order valence-corrected chi connectivity index (χ1v) is 8.97. The van der Waals surface area contributed by atoms with Gasteiger partial charge in [-0.15, -0.1) is 11.5 Å². The maximum absolute atomic E-state index is 11.4. The predicted molar refractivity (Wildman–Crippen MR) is 117 cm³/mol. The van der Waals surface area contributed by atoms with Crippen molar-refractivity contribution in [2.24, 2.45) is 21.7 Å². The van der Waals surface area contributed by atoms with E-state index in [9.17, 15) is 19.8 Å². The van der Waals surface area contributed by atoms with E-state index in [2.05, 4.69) is 0 Å². The van der Waals surface area contributed by atoms with Crippen molar-refractivity contribution in [1.29, 1.82) is 0 Å². The molecule has 0 amide bonds. The van der Waals surface area contributed by atoms with Crippen LogP contribution in [0.1, 0.15) is 83.1 Å². The number of rotatable bonds is 2. The van der Waals surface area contributed by atoms with E-state index < -0.39 is 21.7 Å². The molecule has 0 bridgehead atoms. The van der Waals surface area contributed by atoms with Crippen LogP contribution in [0.2, 0.25) is 0 Å². The largest absolute Gasteiger partial charge is 2.00 e. The molecule has 29 heavy (non-hydrogen) atoms. The number of carbonyl (C=O) groups excluding carboxylic acids is 2. The number of hydrogen-bond acceptors (Lipinski definition) is 4. The van der Waals surface area contributed by atoms with Gasteiger partial charge in [0.1, 0.15) is 0 Å². The molecule has 0 rings (SSSR count). The quantitative estimate of drug-likeness (QED) is 0.376. The summed E-state index contributed by atoms with van der Waals surface area (Å²) >= 11 is 0. The topological polar surface area (TPSA) is 143 Å². The van der Waals surface area contributed by atoms with E-state index in [0.29, 0.717) is 0 Å². The normalized spacial score (nSPS) is 13.0. The second-order valence-electron chi connectivity index (χ2n) is 10.7. The van der Waals surface area contributed by atoms with Crippen LogP contribution < -0.4 is 10.2 Å². The van der Waals surface area contributed by atoms with E-state index in [1.807, 2.05) is 83.1 Å². The van der Waals surface area contributed by atoms with E-state index in [1.54, 1.807) is 0 Å². The Morgan fingerprint density at radius 2 is 0.690 bits per heavy atom. The standard InChI is InChI=1S/2C11H20O2.Mg.2H2O/c2*1-10(2,3)8(12)7-9(13)11(4,5)6;;;/h2*7,12H,1-6H3;;2*1H2/q;;+2;;/p-2/b2*8-7-;;;. The van der Waals surface area contributed by atoms with E-state index >= 15 is 0 Å². The molecule has 0 aromatic heterocycles. The third-order valence-electron chi connectivity index (χ3n) is 3.48. The fraction of sp³-hybridized carbons (Fsp3) is 0.727. The van der Waals surface area contributed by atoms with Crippen LogP contribution in [0.5, 0.6) is 0 Å². The van der Waals surface area contributed by atoms with Gasteiger partial charge >= 0.3 is 23.1 Å². The minimum absolute atomic E-state index is 0. The maximum atomic E-state index is 11.4. The number of carbonyl (C=O) groups is 2. The Labute approximate surface area is 193 Å². The summed E-state index contributed by atoms with van der Waals surface area (Å²) in [6, 6.07) is 0. The fourth-order valence-electron chi connectivity index (χ4n) is 1.10. The summed E-state index contributed by atoms with van der Waals surface area (Å²) in [4.78, 5) is 22.9. The van der Waals surface area contributed by atoms with Crippen LogP contribution >= 0.6 is 0 Å². The third-order valence-corrected chi connectivity index (χ3v) is 3.48. The van der Waals surface area contributed by atoms with E-state index in [0.717, 1.165) is 0 Å². The summed E-state index contributed by atoms with van der Waals surface area (Å²) < 4.78 is 0. The Balaban J connectivity index is -0.000000120. The Kier molecular flexibility index (Phi) is 17.9. The second-order valence-corrected chi connectivity index (χ2v) is 10.7. The SMILES string of the molecule is CC(C)(C)C(=O)/C=C(\[O-])C(C)(C)C.CC(C)(C)C(=O)/C=C(\[O-])C(C)(C)C.O.O.[Mg+2]. The molecule has 168 valence electrons. The summed E-state index contributed by atoms with van der Waals surface area (Å²) in [6.45, 7) is 21.7. The van der Waals surface area contributed by atoms with E-state index in [-0.39, 0.29) is 57.1 Å². The molecule has 0 unspecified atom stereocenters. The molecule has 0 aliphatic rings. The van der Waals surface area contributed by atoms with Crippen molar-refractivity contribution in [3.8, 4) is 0 Å². The van der Waals surface area contributed by atoms with Gasteiger partial charge in [-0.25, -0.2) is 0 Å². The average Bonchev–Trinajstić information content (AvgIpc) is 2.34. The number of hydrogen-bond donors (Lipinski definition) is 0. The van der Waals surface area contributed by atoms with Gasteiger partial charge in [0.15, 0.2) is 11.6 Å². The molecule has 0 aliphatic carbocycles. The van der Waals surface area contributed by atoms with Gasteiger partial charge in [-0.1, -0.05) is 83.1 Å². The summed E-state index contributed by atoms with van der Waals surface area (Å²) in [6.07, 6.45) is 2.44. The molecule has 0 aliphatic heterocycles. The summed E-state index contributed by atoms with van der Waals surface area (Å²) in [7, 11) is 0. The molecule has 0 fully saturated rings. The first-order chi connectivity index (χ1) is 11.1. The first-order valence-electron chi connectivity index (χ1n) is 8.97. The van der Waals surface area contributed by atoms with E-state index in [4.69, 9.17) is 0 Å². The zero-order valence-corrected chi connectivity index (χ0v) is 21.9. The van der Waals surface area contributed by atoms with Gasteiger partial charge in [0.25, 0.3) is 0 Å². The molecule has 0 saturated heterocycles. The van der Waals surface area contributed by atoms with Crippen molar-refractivity contribution in [3.63, 3.8) is 0 Å². The van der Waals surface area contributed by atoms with Gasteiger partial charge in [-0.05, 0) is 23.0 Å². The van der Waals surface area contributed by atoms with Crippen molar-refractivity contribution in [2.45, 2.75) is 83.1 Å². The molecule has 0 radical (unpaired) electrons. The van der Waals surface area contributed by atoms with Gasteiger partial charge in [-0.2, -0.15) is 0 Å². The van der Waals surface area contributed by atoms with Crippen LogP contribution in [0, 0.1) is 21.7 Å². The van der Waals surface area contributed by atoms with Crippen molar-refractivity contribution in [2.75, 3.05) is 0 Å². The Hall–Kier alpha value is -0.894. The zero-order chi connectivity index (χ0) is 21.7. The van der Waals surface area contributed by atoms with Gasteiger partial charge in [0, 0.05) is 10.8 Å². The molecule has 0 heterocycles. The van der Waals surface area contributed by atoms with Gasteiger partial charge < -0.3 is 21.2 Å². The van der Waals surface area contributed by atoms with Crippen LogP contribution in [0.4, 0.5) is 0 Å². The molecule has 0 aromatic rings. The minimum Gasteiger partial charge on any atom is -0.875 e. The predicted octanol–water partition coefficient (Wildman–Crippen LogP) is 1.75. The van der Waals surface area contributed by atoms with Gasteiger partial charge in [-0.3, -0.25) is 9.59 Å². The van der Waals surface area contributed by atoms with Crippen molar-refractivity contribution < 1.29 is 30.8 Å². The fourth-order valence-corrected chi connectivity index (χ4v) is 1.10. The van der Waals surface area contributed by atoms with Crippen molar-refractivity contribution in [1.82, 2.24) is 0 Å². The van der Waals surface area contributed by atoms with E-state index in [1.165, 1.54) is 12.2 Å². The van der Waals surface area contributed by atoms with Crippen LogP contribution in [0.3, 0.4) is 0 Å². The monoisotopic (exact) mass is 426 g/mol. The summed E-state index contributed by atoms with van der Waals surface area (Å²) in [5, 5.41) is 22.9. The minimum atomic E-state index is -0.457. The van der Waals surface area contributed by atoms with Gasteiger partial charge in [0.2, 0.25) is 0 Å². The Morgan fingerprint density at radius 3 is 0.793 bits per heavy atom. The molecule has 0 saturated carbocycles. The Bertz CT molecular complexity index is 510. The molecular formula is C22H42MgO6. The average molecular weight is 427 g/mol. The van der Waals surface area contributed by atoms with Gasteiger partial charge in [0.05, 0.1) is 0 Å². The van der Waals surface area contributed by atoms with Crippen LogP contribution in [0.15, 0.2) is 23.7 Å². The second kappa shape index (κ2) is 13.4. The number of ketones is 2. The van der Waals surface area contributed by atoms with Crippen LogP contribution in [0.25, 0.3) is 0 Å². The molecule has 4 N–H and O–H groups in total. The van der Waals surface area contributed by atoms with Crippen LogP contribution in [-0.4, -0.2) is 45.6 Å². The third kappa shape index (κ3) is 17.7. The van der Waals surface area contributed by atoms with Crippen molar-refractivity contribution >= 4 is 34.6 Å². The van der Waals surface area contributed by atoms with Crippen molar-refractivity contribution in [3.05, 3.63) is 23.7 Å². The molecule has 0 aromatic carbocycles. The summed E-state index contributed by atoms with van der Waals surface area (Å²) in [5.41, 5.74) is -1.83. The molecule has 6 nitrogen and oxygen atoms in total. The first kappa shape index (κ1) is 38.7. The zero-order valence-electron chi connectivity index (χ0n) is 20.5. The number of allylic oxidation sites excluding steroid dienone is 4. The summed E-state index contributed by atoms with van der Waals surface area (Å²) in [5.74, 6) is -0.417. The van der Waals surface area contributed by atoms with Crippen LogP contribution in [-0.2, 0) is 9.59 Å². The molecule has 0 atom stereocenters. The molecule has 7 heteroatoms. The Morgan fingerprint density at radius 1 is 0.517 bits per heavy atom. The molecular weight excluding hydrogens is 385 g/mol. The smallest absolute Gasteiger partial charge is 0.875 e. The molecule has 0 spiro atoms.